The fourth-order valence-corrected chi connectivity index (χ4v) is 2.44. The summed E-state index contributed by atoms with van der Waals surface area (Å²) in [5, 5.41) is 0. The zero-order valence-electron chi connectivity index (χ0n) is 12.5. The Bertz CT molecular complexity index is 472. The van der Waals surface area contributed by atoms with Crippen LogP contribution in [0.5, 0.6) is 17.8 Å². The van der Waals surface area contributed by atoms with E-state index >= 15 is 0 Å². The third kappa shape index (κ3) is 3.74. The SMILES string of the molecule is COC(=O)[C@@H]1CCCC[C@H]1Oc1nc(OC)cc(OC)n1. The smallest absolute Gasteiger partial charge is 0.323 e. The molecule has 0 aliphatic heterocycles. The quantitative estimate of drug-likeness (QED) is 0.763. The first-order valence-corrected chi connectivity index (χ1v) is 6.89. The van der Waals surface area contributed by atoms with Gasteiger partial charge in [0.2, 0.25) is 11.8 Å². The minimum Gasteiger partial charge on any atom is -0.481 e. The Balaban J connectivity index is 2.16. The van der Waals surface area contributed by atoms with Crippen LogP contribution in [-0.2, 0) is 9.53 Å². The number of hydrogen-bond acceptors (Lipinski definition) is 7. The van der Waals surface area contributed by atoms with Crippen LogP contribution in [0.3, 0.4) is 0 Å². The molecule has 1 aliphatic carbocycles. The second kappa shape index (κ2) is 7.10. The summed E-state index contributed by atoms with van der Waals surface area (Å²) < 4.78 is 20.8. The van der Waals surface area contributed by atoms with Crippen molar-refractivity contribution in [3.8, 4) is 17.8 Å². The van der Waals surface area contributed by atoms with Gasteiger partial charge in [-0.1, -0.05) is 6.42 Å². The Kier molecular flexibility index (Phi) is 5.19. The van der Waals surface area contributed by atoms with Gasteiger partial charge in [-0.15, -0.1) is 0 Å². The minimum absolute atomic E-state index is 0.145. The summed E-state index contributed by atoms with van der Waals surface area (Å²) in [6, 6.07) is 1.71. The molecular formula is C14H20N2O5. The molecule has 1 aromatic heterocycles. The van der Waals surface area contributed by atoms with E-state index < -0.39 is 0 Å². The van der Waals surface area contributed by atoms with Crippen molar-refractivity contribution in [2.75, 3.05) is 21.3 Å². The Morgan fingerprint density at radius 2 is 1.71 bits per heavy atom. The monoisotopic (exact) mass is 296 g/mol. The van der Waals surface area contributed by atoms with Gasteiger partial charge < -0.3 is 18.9 Å². The van der Waals surface area contributed by atoms with E-state index in [1.165, 1.54) is 21.3 Å². The standard InChI is InChI=1S/C14H20N2O5/c1-18-11-8-12(19-2)16-14(15-11)21-10-7-5-4-6-9(10)13(17)20-3/h8-10H,4-7H2,1-3H3/t9-,10-/m1/s1. The molecule has 2 rings (SSSR count). The van der Waals surface area contributed by atoms with Crippen LogP contribution in [0.25, 0.3) is 0 Å². The Morgan fingerprint density at radius 3 is 2.29 bits per heavy atom. The van der Waals surface area contributed by atoms with E-state index in [4.69, 9.17) is 18.9 Å². The van der Waals surface area contributed by atoms with E-state index in [0.717, 1.165) is 25.7 Å². The number of nitrogens with zero attached hydrogens (tertiary/aromatic N) is 2. The first-order valence-electron chi connectivity index (χ1n) is 6.89. The molecular weight excluding hydrogens is 276 g/mol. The lowest BCUT2D eigenvalue weighted by molar-refractivity contribution is -0.150. The Morgan fingerprint density at radius 1 is 1.10 bits per heavy atom. The van der Waals surface area contributed by atoms with E-state index in [0.29, 0.717) is 11.8 Å². The second-order valence-corrected chi connectivity index (χ2v) is 4.81. The van der Waals surface area contributed by atoms with Gasteiger partial charge in [-0.3, -0.25) is 4.79 Å². The van der Waals surface area contributed by atoms with Crippen LogP contribution < -0.4 is 14.2 Å². The van der Waals surface area contributed by atoms with Crippen LogP contribution in [-0.4, -0.2) is 43.4 Å². The van der Waals surface area contributed by atoms with Crippen LogP contribution in [0, 0.1) is 5.92 Å². The van der Waals surface area contributed by atoms with Crippen molar-refractivity contribution in [3.63, 3.8) is 0 Å². The lowest BCUT2D eigenvalue weighted by Crippen LogP contribution is -2.36. The molecule has 1 heterocycles. The minimum atomic E-state index is -0.289. The predicted molar refractivity (Wildman–Crippen MR) is 73.5 cm³/mol. The summed E-state index contributed by atoms with van der Waals surface area (Å²) in [6.45, 7) is 0. The average molecular weight is 296 g/mol. The van der Waals surface area contributed by atoms with Crippen molar-refractivity contribution in [2.24, 2.45) is 5.92 Å². The number of esters is 1. The third-order valence-corrected chi connectivity index (χ3v) is 3.54. The number of methoxy groups -OCH3 is 3. The lowest BCUT2D eigenvalue weighted by atomic mass is 9.86. The highest BCUT2D eigenvalue weighted by molar-refractivity contribution is 5.73. The largest absolute Gasteiger partial charge is 0.481 e. The average Bonchev–Trinajstić information content (AvgIpc) is 2.54. The topological polar surface area (TPSA) is 79.8 Å². The number of rotatable bonds is 5. The van der Waals surface area contributed by atoms with Gasteiger partial charge in [0.15, 0.2) is 0 Å². The molecule has 0 radical (unpaired) electrons. The Hall–Kier alpha value is -2.05. The summed E-state index contributed by atoms with van der Waals surface area (Å²) in [7, 11) is 4.39. The van der Waals surface area contributed by atoms with Gasteiger partial charge in [-0.05, 0) is 19.3 Å². The molecule has 2 atom stereocenters. The van der Waals surface area contributed by atoms with E-state index in [9.17, 15) is 4.79 Å². The van der Waals surface area contributed by atoms with E-state index in [1.807, 2.05) is 0 Å². The normalized spacial score (nSPS) is 21.5. The van der Waals surface area contributed by atoms with Crippen molar-refractivity contribution in [3.05, 3.63) is 6.07 Å². The first kappa shape index (κ1) is 15.3. The van der Waals surface area contributed by atoms with E-state index in [1.54, 1.807) is 6.07 Å². The fourth-order valence-electron chi connectivity index (χ4n) is 2.44. The fraction of sp³-hybridized carbons (Fsp3) is 0.643. The first-order chi connectivity index (χ1) is 10.2. The molecule has 7 heteroatoms. The molecule has 1 aliphatic rings. The molecule has 116 valence electrons. The van der Waals surface area contributed by atoms with Crippen molar-refractivity contribution in [2.45, 2.75) is 31.8 Å². The molecule has 0 spiro atoms. The zero-order chi connectivity index (χ0) is 15.2. The summed E-state index contributed by atoms with van der Waals surface area (Å²) in [4.78, 5) is 20.1. The molecule has 0 aromatic carbocycles. The van der Waals surface area contributed by atoms with Crippen LogP contribution in [0.15, 0.2) is 6.07 Å². The maximum absolute atomic E-state index is 11.8. The van der Waals surface area contributed by atoms with Crippen LogP contribution >= 0.6 is 0 Å². The highest BCUT2D eigenvalue weighted by Gasteiger charge is 2.34. The summed E-state index contributed by atoms with van der Waals surface area (Å²) >= 11 is 0. The summed E-state index contributed by atoms with van der Waals surface area (Å²) in [5.41, 5.74) is 0. The van der Waals surface area contributed by atoms with Gasteiger partial charge in [0.05, 0.1) is 33.3 Å². The highest BCUT2D eigenvalue weighted by atomic mass is 16.5. The van der Waals surface area contributed by atoms with Crippen LogP contribution in [0.2, 0.25) is 0 Å². The van der Waals surface area contributed by atoms with Gasteiger partial charge >= 0.3 is 12.0 Å². The molecule has 0 N–H and O–H groups in total. The van der Waals surface area contributed by atoms with Crippen molar-refractivity contribution in [1.29, 1.82) is 0 Å². The molecule has 1 aromatic rings. The van der Waals surface area contributed by atoms with Crippen molar-refractivity contribution >= 4 is 5.97 Å². The Labute approximate surface area is 123 Å². The molecule has 21 heavy (non-hydrogen) atoms. The van der Waals surface area contributed by atoms with Crippen molar-refractivity contribution in [1.82, 2.24) is 9.97 Å². The van der Waals surface area contributed by atoms with Crippen molar-refractivity contribution < 1.29 is 23.7 Å². The third-order valence-electron chi connectivity index (χ3n) is 3.54. The van der Waals surface area contributed by atoms with Gasteiger partial charge in [-0.2, -0.15) is 9.97 Å². The van der Waals surface area contributed by atoms with E-state index in [2.05, 4.69) is 9.97 Å². The molecule has 0 bridgehead atoms. The van der Waals surface area contributed by atoms with Crippen LogP contribution in [0.4, 0.5) is 0 Å². The summed E-state index contributed by atoms with van der Waals surface area (Å²) in [6.07, 6.45) is 3.21. The van der Waals surface area contributed by atoms with Gasteiger partial charge in [-0.25, -0.2) is 0 Å². The number of aromatic nitrogens is 2. The van der Waals surface area contributed by atoms with Crippen LogP contribution in [0.1, 0.15) is 25.7 Å². The van der Waals surface area contributed by atoms with E-state index in [-0.39, 0.29) is 24.0 Å². The number of carbonyl (C=O) groups excluding carboxylic acids is 1. The molecule has 0 saturated heterocycles. The molecule has 7 nitrogen and oxygen atoms in total. The molecule has 0 unspecified atom stereocenters. The highest BCUT2D eigenvalue weighted by Crippen LogP contribution is 2.29. The zero-order valence-corrected chi connectivity index (χ0v) is 12.5. The maximum atomic E-state index is 11.8. The van der Waals surface area contributed by atoms with Gasteiger partial charge in [0.25, 0.3) is 0 Å². The maximum Gasteiger partial charge on any atom is 0.323 e. The predicted octanol–water partition coefficient (Wildman–Crippen LogP) is 1.60. The summed E-state index contributed by atoms with van der Waals surface area (Å²) in [5.74, 6) is 0.156. The van der Waals surface area contributed by atoms with Gasteiger partial charge in [0.1, 0.15) is 6.10 Å². The number of ether oxygens (including phenoxy) is 4. The molecule has 1 saturated carbocycles. The molecule has 0 amide bonds. The number of carbonyl (C=O) groups is 1. The second-order valence-electron chi connectivity index (χ2n) is 4.81. The van der Waals surface area contributed by atoms with Gasteiger partial charge in [0, 0.05) is 0 Å². The number of hydrogen-bond donors (Lipinski definition) is 0. The lowest BCUT2D eigenvalue weighted by Gasteiger charge is -2.29. The molecule has 1 fully saturated rings.